The summed E-state index contributed by atoms with van der Waals surface area (Å²) in [5.41, 5.74) is 0.547. The second kappa shape index (κ2) is 2.89. The molecule has 1 aromatic rings. The van der Waals surface area contributed by atoms with E-state index in [2.05, 4.69) is 0 Å². The van der Waals surface area contributed by atoms with Crippen LogP contribution in [0.15, 0.2) is 12.3 Å². The molecule has 0 aliphatic carbocycles. The molecule has 66 valence electrons. The fourth-order valence-corrected chi connectivity index (χ4v) is 0.968. The van der Waals surface area contributed by atoms with Gasteiger partial charge in [0.05, 0.1) is 6.07 Å². The van der Waals surface area contributed by atoms with E-state index in [0.717, 1.165) is 10.9 Å². The fraction of sp³-hybridized carbons (Fsp3) is 0.375. The molecule has 0 aliphatic heterocycles. The lowest BCUT2D eigenvalue weighted by Gasteiger charge is -2.01. The Labute approximate surface area is 70.3 Å². The first-order valence-corrected chi connectivity index (χ1v) is 3.69. The molecule has 0 atom stereocenters. The molecule has 0 saturated carbocycles. The maximum Gasteiger partial charge on any atom is 0.267 e. The molecule has 4 heteroatoms. The van der Waals surface area contributed by atoms with Crippen LogP contribution in [0.25, 0.3) is 0 Å². The average Bonchev–Trinajstić information content (AvgIpc) is 1.96. The Kier molecular flexibility index (Phi) is 2.08. The van der Waals surface area contributed by atoms with E-state index in [4.69, 9.17) is 10.2 Å². The summed E-state index contributed by atoms with van der Waals surface area (Å²) < 4.78 is 0.805. The smallest absolute Gasteiger partial charge is 0.267 e. The van der Waals surface area contributed by atoms with Crippen molar-refractivity contribution in [1.29, 1.82) is 0 Å². The molecule has 1 heterocycles. The Morgan fingerprint density at radius 2 is 1.83 bits per heavy atom. The quantitative estimate of drug-likeness (QED) is 0.430. The molecule has 0 aromatic carbocycles. The Morgan fingerprint density at radius 3 is 2.33 bits per heavy atom. The third kappa shape index (κ3) is 1.42. The lowest BCUT2D eigenvalue weighted by molar-refractivity contribution is -0.910. The molecule has 0 amide bonds. The van der Waals surface area contributed by atoms with Gasteiger partial charge in [-0.05, 0) is 0 Å². The van der Waals surface area contributed by atoms with Crippen molar-refractivity contribution < 1.29 is 20.2 Å². The van der Waals surface area contributed by atoms with Crippen LogP contribution in [0, 0.1) is 0 Å². The third-order valence-electron chi connectivity index (χ3n) is 1.65. The Hall–Kier alpha value is -1.45. The van der Waals surface area contributed by atoms with Crippen molar-refractivity contribution in [2.45, 2.75) is 19.8 Å². The number of pyridine rings is 1. The summed E-state index contributed by atoms with van der Waals surface area (Å²) in [5, 5.41) is 27.3. The molecule has 12 heavy (non-hydrogen) atoms. The van der Waals surface area contributed by atoms with Gasteiger partial charge in [0.25, 0.3) is 6.20 Å². The van der Waals surface area contributed by atoms with Gasteiger partial charge < -0.3 is 10.2 Å². The van der Waals surface area contributed by atoms with E-state index in [1.807, 2.05) is 13.8 Å². The van der Waals surface area contributed by atoms with Crippen LogP contribution in [-0.4, -0.2) is 15.4 Å². The largest absolute Gasteiger partial charge is 0.504 e. The highest BCUT2D eigenvalue weighted by Gasteiger charge is 2.18. The van der Waals surface area contributed by atoms with Crippen LogP contribution < -0.4 is 4.73 Å². The summed E-state index contributed by atoms with van der Waals surface area (Å²) in [7, 11) is 0. The molecule has 1 rings (SSSR count). The van der Waals surface area contributed by atoms with Crippen molar-refractivity contribution >= 4 is 0 Å². The van der Waals surface area contributed by atoms with Gasteiger partial charge >= 0.3 is 0 Å². The standard InChI is InChI=1S/C8H11NO3/c1-5(2)6-3-7(10)8(11)4-9(6)12/h3-5,11-12H,1-2H3/p+1. The second-order valence-electron chi connectivity index (χ2n) is 2.97. The molecule has 0 bridgehead atoms. The number of aromatic hydroxyl groups is 2. The summed E-state index contributed by atoms with van der Waals surface area (Å²) in [4.78, 5) is 0. The normalized spacial score (nSPS) is 10.6. The summed E-state index contributed by atoms with van der Waals surface area (Å²) in [6.45, 7) is 3.75. The Morgan fingerprint density at radius 1 is 1.25 bits per heavy atom. The Bertz CT molecular complexity index is 297. The summed E-state index contributed by atoms with van der Waals surface area (Å²) >= 11 is 0. The van der Waals surface area contributed by atoms with Gasteiger partial charge in [-0.3, -0.25) is 5.21 Å². The van der Waals surface area contributed by atoms with E-state index in [1.54, 1.807) is 0 Å². The molecule has 0 aliphatic rings. The molecule has 3 N–H and O–H groups in total. The Balaban J connectivity index is 3.23. The maximum atomic E-state index is 9.23. The number of nitrogens with zero attached hydrogens (tertiary/aromatic N) is 1. The molecule has 0 saturated heterocycles. The van der Waals surface area contributed by atoms with Gasteiger partial charge in [-0.2, -0.15) is 0 Å². The molecule has 0 spiro atoms. The highest BCUT2D eigenvalue weighted by molar-refractivity contribution is 5.34. The lowest BCUT2D eigenvalue weighted by Crippen LogP contribution is -2.35. The average molecular weight is 170 g/mol. The third-order valence-corrected chi connectivity index (χ3v) is 1.65. The number of hydrogen-bond acceptors (Lipinski definition) is 3. The molecule has 0 unspecified atom stereocenters. The summed E-state index contributed by atoms with van der Waals surface area (Å²) in [6, 6.07) is 1.33. The van der Waals surface area contributed by atoms with Gasteiger partial charge in [-0.15, -0.1) is 0 Å². The van der Waals surface area contributed by atoms with E-state index in [9.17, 15) is 5.21 Å². The van der Waals surface area contributed by atoms with Gasteiger partial charge in [-0.25, -0.2) is 0 Å². The van der Waals surface area contributed by atoms with Crippen LogP contribution in [0.4, 0.5) is 0 Å². The van der Waals surface area contributed by atoms with Crippen molar-refractivity contribution in [1.82, 2.24) is 0 Å². The number of rotatable bonds is 1. The molecule has 0 radical (unpaired) electrons. The summed E-state index contributed by atoms with van der Waals surface area (Å²) in [5.74, 6) is -0.465. The van der Waals surface area contributed by atoms with Crippen molar-refractivity contribution in [3.05, 3.63) is 18.0 Å². The lowest BCUT2D eigenvalue weighted by atomic mass is 10.1. The van der Waals surface area contributed by atoms with Crippen molar-refractivity contribution in [2.75, 3.05) is 0 Å². The van der Waals surface area contributed by atoms with Crippen LogP contribution in [-0.2, 0) is 0 Å². The van der Waals surface area contributed by atoms with Gasteiger partial charge in [0, 0.05) is 10.6 Å². The van der Waals surface area contributed by atoms with E-state index in [-0.39, 0.29) is 17.4 Å². The highest BCUT2D eigenvalue weighted by Crippen LogP contribution is 2.24. The predicted molar refractivity (Wildman–Crippen MR) is 41.2 cm³/mol. The van der Waals surface area contributed by atoms with Crippen molar-refractivity contribution in [3.63, 3.8) is 0 Å². The second-order valence-corrected chi connectivity index (χ2v) is 2.97. The van der Waals surface area contributed by atoms with Gasteiger partial charge in [0.15, 0.2) is 5.75 Å². The molecule has 1 aromatic heterocycles. The minimum Gasteiger partial charge on any atom is -0.504 e. The van der Waals surface area contributed by atoms with Crippen molar-refractivity contribution in [2.24, 2.45) is 0 Å². The summed E-state index contributed by atoms with van der Waals surface area (Å²) in [6.07, 6.45) is 1.06. The van der Waals surface area contributed by atoms with E-state index in [1.165, 1.54) is 6.07 Å². The first-order valence-electron chi connectivity index (χ1n) is 3.69. The zero-order chi connectivity index (χ0) is 9.30. The van der Waals surface area contributed by atoms with Crippen LogP contribution in [0.3, 0.4) is 0 Å². The first-order chi connectivity index (χ1) is 5.52. The van der Waals surface area contributed by atoms with Crippen LogP contribution >= 0.6 is 0 Å². The molecule has 0 fully saturated rings. The topological polar surface area (TPSA) is 64.6 Å². The minimum absolute atomic E-state index is 0.0847. The van der Waals surface area contributed by atoms with Gasteiger partial charge in [0.1, 0.15) is 0 Å². The fourth-order valence-electron chi connectivity index (χ4n) is 0.968. The van der Waals surface area contributed by atoms with Crippen molar-refractivity contribution in [3.8, 4) is 11.5 Å². The van der Waals surface area contributed by atoms with Gasteiger partial charge in [0.2, 0.25) is 11.4 Å². The SMILES string of the molecule is CC(C)c1cc(O)c(O)c[n+]1O. The van der Waals surface area contributed by atoms with Gasteiger partial charge in [-0.1, -0.05) is 13.8 Å². The van der Waals surface area contributed by atoms with Crippen LogP contribution in [0.2, 0.25) is 0 Å². The number of hydrogen-bond donors (Lipinski definition) is 3. The highest BCUT2D eigenvalue weighted by atomic mass is 16.5. The molecule has 4 nitrogen and oxygen atoms in total. The van der Waals surface area contributed by atoms with Crippen LogP contribution in [0.1, 0.15) is 25.5 Å². The minimum atomic E-state index is -0.332. The zero-order valence-electron chi connectivity index (χ0n) is 7.02. The monoisotopic (exact) mass is 170 g/mol. The maximum absolute atomic E-state index is 9.23. The molecular weight excluding hydrogens is 158 g/mol. The zero-order valence-corrected chi connectivity index (χ0v) is 7.02. The van der Waals surface area contributed by atoms with E-state index in [0.29, 0.717) is 5.69 Å². The van der Waals surface area contributed by atoms with E-state index < -0.39 is 0 Å². The first kappa shape index (κ1) is 8.64. The van der Waals surface area contributed by atoms with Crippen LogP contribution in [0.5, 0.6) is 11.5 Å². The number of aromatic nitrogens is 1. The van der Waals surface area contributed by atoms with E-state index >= 15 is 0 Å². The predicted octanol–water partition coefficient (Wildman–Crippen LogP) is 0.746. The molecular formula is C8H12NO3+.